The fraction of sp³-hybridized carbons (Fsp3) is 0.400. The van der Waals surface area contributed by atoms with Crippen LogP contribution < -0.4 is 0 Å². The minimum absolute atomic E-state index is 0.289. The van der Waals surface area contributed by atoms with Gasteiger partial charge in [0.1, 0.15) is 5.82 Å². The molecule has 0 saturated carbocycles. The van der Waals surface area contributed by atoms with Crippen LogP contribution >= 0.6 is 23.2 Å². The molecule has 0 amide bonds. The molecule has 1 aromatic heterocycles. The normalized spacial score (nSPS) is 11.1. The topological polar surface area (TPSA) is 17.8 Å². The van der Waals surface area contributed by atoms with E-state index in [-0.39, 0.29) is 5.82 Å². The van der Waals surface area contributed by atoms with Crippen LogP contribution in [0.3, 0.4) is 0 Å². The van der Waals surface area contributed by atoms with E-state index in [0.29, 0.717) is 17.4 Å². The molecule has 0 radical (unpaired) electrons. The zero-order valence-corrected chi connectivity index (χ0v) is 13.1. The first-order valence-electron chi connectivity index (χ1n) is 6.68. The first-order chi connectivity index (χ1) is 9.60. The van der Waals surface area contributed by atoms with Crippen molar-refractivity contribution in [3.63, 3.8) is 0 Å². The van der Waals surface area contributed by atoms with E-state index in [2.05, 4.69) is 18.9 Å². The number of hydrogen-bond acceptors (Lipinski definition) is 1. The van der Waals surface area contributed by atoms with Gasteiger partial charge in [0.25, 0.3) is 0 Å². The van der Waals surface area contributed by atoms with E-state index in [4.69, 9.17) is 23.2 Å². The molecule has 0 fully saturated rings. The predicted octanol–water partition coefficient (Wildman–Crippen LogP) is 4.59. The monoisotopic (exact) mass is 314 g/mol. The standard InChI is InChI=1S/C15H17Cl2FN2/c1-3-14-12(8-16)15(4-2)20(19-14)9-10-7-11(18)5-6-13(10)17/h5-7H,3-4,8-9H2,1-2H3. The molecule has 2 aromatic rings. The van der Waals surface area contributed by atoms with Crippen molar-refractivity contribution < 1.29 is 4.39 Å². The van der Waals surface area contributed by atoms with Gasteiger partial charge in [-0.25, -0.2) is 4.39 Å². The Bertz CT molecular complexity index is 608. The summed E-state index contributed by atoms with van der Waals surface area (Å²) in [4.78, 5) is 0. The highest BCUT2D eigenvalue weighted by Crippen LogP contribution is 2.23. The first-order valence-corrected chi connectivity index (χ1v) is 7.59. The number of nitrogens with zero attached hydrogens (tertiary/aromatic N) is 2. The Morgan fingerprint density at radius 1 is 1.25 bits per heavy atom. The third kappa shape index (κ3) is 2.99. The first kappa shape index (κ1) is 15.3. The maximum absolute atomic E-state index is 13.3. The lowest BCUT2D eigenvalue weighted by atomic mass is 10.1. The van der Waals surface area contributed by atoms with Crippen molar-refractivity contribution in [3.8, 4) is 0 Å². The van der Waals surface area contributed by atoms with Crippen molar-refractivity contribution in [2.24, 2.45) is 0 Å². The lowest BCUT2D eigenvalue weighted by Crippen LogP contribution is -2.07. The van der Waals surface area contributed by atoms with Crippen LogP contribution in [0.15, 0.2) is 18.2 Å². The summed E-state index contributed by atoms with van der Waals surface area (Å²) in [7, 11) is 0. The molecular formula is C15H17Cl2FN2. The van der Waals surface area contributed by atoms with Gasteiger partial charge in [-0.05, 0) is 36.6 Å². The van der Waals surface area contributed by atoms with Gasteiger partial charge in [0.05, 0.1) is 18.1 Å². The SMILES string of the molecule is CCc1nn(Cc2cc(F)ccc2Cl)c(CC)c1CCl. The second-order valence-corrected chi connectivity index (χ2v) is 5.28. The second-order valence-electron chi connectivity index (χ2n) is 4.61. The van der Waals surface area contributed by atoms with Crippen LogP contribution in [0.5, 0.6) is 0 Å². The van der Waals surface area contributed by atoms with Gasteiger partial charge in [-0.15, -0.1) is 11.6 Å². The molecule has 20 heavy (non-hydrogen) atoms. The Morgan fingerprint density at radius 3 is 2.60 bits per heavy atom. The van der Waals surface area contributed by atoms with Crippen LogP contribution in [0.25, 0.3) is 0 Å². The highest BCUT2D eigenvalue weighted by atomic mass is 35.5. The number of halogens is 3. The van der Waals surface area contributed by atoms with Crippen LogP contribution in [-0.4, -0.2) is 9.78 Å². The quantitative estimate of drug-likeness (QED) is 0.738. The van der Waals surface area contributed by atoms with Gasteiger partial charge < -0.3 is 0 Å². The molecule has 1 aromatic carbocycles. The van der Waals surface area contributed by atoms with Gasteiger partial charge in [-0.2, -0.15) is 5.10 Å². The summed E-state index contributed by atoms with van der Waals surface area (Å²) in [6, 6.07) is 4.39. The molecule has 1 heterocycles. The van der Waals surface area contributed by atoms with Crippen LogP contribution in [-0.2, 0) is 25.3 Å². The van der Waals surface area contributed by atoms with Gasteiger partial charge in [0, 0.05) is 16.3 Å². The third-order valence-electron chi connectivity index (χ3n) is 3.38. The predicted molar refractivity (Wildman–Crippen MR) is 81.1 cm³/mol. The Hall–Kier alpha value is -1.06. The lowest BCUT2D eigenvalue weighted by Gasteiger charge is -2.09. The summed E-state index contributed by atoms with van der Waals surface area (Å²) in [5.74, 6) is 0.159. The Labute approximate surface area is 128 Å². The molecule has 0 aliphatic rings. The summed E-state index contributed by atoms with van der Waals surface area (Å²) >= 11 is 12.2. The average Bonchev–Trinajstić information content (AvgIpc) is 2.79. The van der Waals surface area contributed by atoms with Crippen molar-refractivity contribution >= 4 is 23.2 Å². The van der Waals surface area contributed by atoms with Crippen molar-refractivity contribution in [1.82, 2.24) is 9.78 Å². The minimum atomic E-state index is -0.289. The number of aryl methyl sites for hydroxylation is 1. The van der Waals surface area contributed by atoms with E-state index in [1.54, 1.807) is 6.07 Å². The van der Waals surface area contributed by atoms with E-state index in [1.807, 2.05) is 4.68 Å². The van der Waals surface area contributed by atoms with E-state index in [0.717, 1.165) is 35.4 Å². The minimum Gasteiger partial charge on any atom is -0.265 e. The molecule has 0 unspecified atom stereocenters. The molecule has 5 heteroatoms. The number of hydrogen-bond donors (Lipinski definition) is 0. The number of benzene rings is 1. The average molecular weight is 315 g/mol. The van der Waals surface area contributed by atoms with Crippen LogP contribution in [0.1, 0.15) is 36.4 Å². The Balaban J connectivity index is 2.42. The van der Waals surface area contributed by atoms with Gasteiger partial charge in [0.2, 0.25) is 0 Å². The highest BCUT2D eigenvalue weighted by molar-refractivity contribution is 6.31. The smallest absolute Gasteiger partial charge is 0.123 e. The van der Waals surface area contributed by atoms with Gasteiger partial charge in [0.15, 0.2) is 0 Å². The highest BCUT2D eigenvalue weighted by Gasteiger charge is 2.15. The summed E-state index contributed by atoms with van der Waals surface area (Å²) < 4.78 is 15.2. The molecule has 108 valence electrons. The van der Waals surface area contributed by atoms with Crippen molar-refractivity contribution in [2.75, 3.05) is 0 Å². The fourth-order valence-corrected chi connectivity index (χ4v) is 2.87. The molecule has 0 N–H and O–H groups in total. The van der Waals surface area contributed by atoms with Crippen molar-refractivity contribution in [1.29, 1.82) is 0 Å². The van der Waals surface area contributed by atoms with Crippen LogP contribution in [0.4, 0.5) is 4.39 Å². The second kappa shape index (κ2) is 6.59. The molecule has 0 saturated heterocycles. The van der Waals surface area contributed by atoms with Gasteiger partial charge >= 0.3 is 0 Å². The zero-order chi connectivity index (χ0) is 14.7. The summed E-state index contributed by atoms with van der Waals surface area (Å²) in [5, 5.41) is 5.14. The summed E-state index contributed by atoms with van der Waals surface area (Å²) in [5.41, 5.74) is 3.92. The fourth-order valence-electron chi connectivity index (χ4n) is 2.38. The molecule has 0 aliphatic carbocycles. The number of rotatable bonds is 5. The number of alkyl halides is 1. The largest absolute Gasteiger partial charge is 0.265 e. The molecule has 2 rings (SSSR count). The number of aromatic nitrogens is 2. The van der Waals surface area contributed by atoms with E-state index < -0.39 is 0 Å². The lowest BCUT2D eigenvalue weighted by molar-refractivity contribution is 0.611. The maximum Gasteiger partial charge on any atom is 0.123 e. The van der Waals surface area contributed by atoms with Crippen LogP contribution in [0, 0.1) is 5.82 Å². The Kier molecular flexibility index (Phi) is 5.06. The van der Waals surface area contributed by atoms with Gasteiger partial charge in [-0.3, -0.25) is 4.68 Å². The molecule has 0 aliphatic heterocycles. The maximum atomic E-state index is 13.3. The van der Waals surface area contributed by atoms with Gasteiger partial charge in [-0.1, -0.05) is 25.4 Å². The molecule has 2 nitrogen and oxygen atoms in total. The zero-order valence-electron chi connectivity index (χ0n) is 11.6. The Morgan fingerprint density at radius 2 is 2.00 bits per heavy atom. The molecular weight excluding hydrogens is 298 g/mol. The van der Waals surface area contributed by atoms with E-state index in [1.165, 1.54) is 12.1 Å². The van der Waals surface area contributed by atoms with Crippen molar-refractivity contribution in [2.45, 2.75) is 39.1 Å². The van der Waals surface area contributed by atoms with Crippen molar-refractivity contribution in [3.05, 3.63) is 51.6 Å². The van der Waals surface area contributed by atoms with E-state index >= 15 is 0 Å². The van der Waals surface area contributed by atoms with E-state index in [9.17, 15) is 4.39 Å². The molecule has 0 bridgehead atoms. The summed E-state index contributed by atoms with van der Waals surface area (Å²) in [6.07, 6.45) is 1.67. The molecule has 0 spiro atoms. The molecule has 0 atom stereocenters. The summed E-state index contributed by atoms with van der Waals surface area (Å²) in [6.45, 7) is 4.58. The van der Waals surface area contributed by atoms with Crippen LogP contribution in [0.2, 0.25) is 5.02 Å². The third-order valence-corrected chi connectivity index (χ3v) is 4.02.